The Balaban J connectivity index is 0.887. The molecule has 332 valence electrons. The number of halogens is 1. The fourth-order valence-electron chi connectivity index (χ4n) is 8.23. The fourth-order valence-corrected chi connectivity index (χ4v) is 9.58. The summed E-state index contributed by atoms with van der Waals surface area (Å²) in [6, 6.07) is 31.9. The molecule has 12 nitrogen and oxygen atoms in total. The molecule has 0 saturated carbocycles. The number of anilines is 2. The van der Waals surface area contributed by atoms with Gasteiger partial charge in [-0.3, -0.25) is 30.3 Å². The summed E-state index contributed by atoms with van der Waals surface area (Å²) in [5, 5.41) is 33.3. The van der Waals surface area contributed by atoms with Crippen LogP contribution in [0.15, 0.2) is 114 Å². The van der Waals surface area contributed by atoms with Crippen LogP contribution >= 0.6 is 22.9 Å². The molecule has 1 atom stereocenters. The van der Waals surface area contributed by atoms with Gasteiger partial charge in [-0.25, -0.2) is 0 Å². The maximum Gasteiger partial charge on any atom is 0.255 e. The van der Waals surface area contributed by atoms with Crippen molar-refractivity contribution < 1.29 is 28.9 Å². The lowest BCUT2D eigenvalue weighted by Crippen LogP contribution is -2.45. The number of nitrogens with one attached hydrogen (secondary N) is 3. The molecule has 0 spiro atoms. The van der Waals surface area contributed by atoms with Crippen LogP contribution in [-0.4, -0.2) is 78.7 Å². The molecule has 5 aromatic carbocycles. The molecule has 2 aliphatic rings. The largest absolute Gasteiger partial charge is 0.507 e. The summed E-state index contributed by atoms with van der Waals surface area (Å²) in [5.41, 5.74) is 7.43. The van der Waals surface area contributed by atoms with Gasteiger partial charge < -0.3 is 29.5 Å². The molecule has 0 radical (unpaired) electrons. The van der Waals surface area contributed by atoms with E-state index in [0.29, 0.717) is 70.7 Å². The molecule has 0 unspecified atom stereocenters. The third-order valence-electron chi connectivity index (χ3n) is 11.8. The summed E-state index contributed by atoms with van der Waals surface area (Å²) in [7, 11) is 3.20. The van der Waals surface area contributed by atoms with Gasteiger partial charge >= 0.3 is 0 Å². The Morgan fingerprint density at radius 1 is 0.862 bits per heavy atom. The number of aryl methyl sites for hydroxylation is 1. The highest BCUT2D eigenvalue weighted by Crippen LogP contribution is 2.41. The fraction of sp³-hybridized carbons (Fsp3) is 0.235. The van der Waals surface area contributed by atoms with Crippen LogP contribution in [0.1, 0.15) is 58.1 Å². The van der Waals surface area contributed by atoms with Crippen molar-refractivity contribution in [3.63, 3.8) is 0 Å². The molecule has 65 heavy (non-hydrogen) atoms. The first kappa shape index (κ1) is 44.6. The number of ether oxygens (including phenoxy) is 3. The van der Waals surface area contributed by atoms with Gasteiger partial charge in [0.1, 0.15) is 51.8 Å². The Hall–Kier alpha value is -6.96. The number of carbonyl (C=O) groups excluding carboxylic acids is 2. The van der Waals surface area contributed by atoms with Gasteiger partial charge in [-0.05, 0) is 104 Å². The van der Waals surface area contributed by atoms with E-state index in [-0.39, 0.29) is 41.8 Å². The normalized spacial score (nSPS) is 15.1. The molecule has 1 aromatic heterocycles. The van der Waals surface area contributed by atoms with Crippen LogP contribution in [-0.2, 0) is 4.79 Å². The number of aliphatic imine (C=N–C) groups is 1. The summed E-state index contributed by atoms with van der Waals surface area (Å²) in [6.07, 6.45) is 0.982. The van der Waals surface area contributed by atoms with E-state index >= 15 is 0 Å². The van der Waals surface area contributed by atoms with Crippen LogP contribution in [0, 0.1) is 24.7 Å². The molecule has 8 rings (SSSR count). The average molecular weight is 910 g/mol. The number of hydrogen-bond acceptors (Lipinski definition) is 10. The lowest BCUT2D eigenvalue weighted by atomic mass is 9.99. The number of phenolic OH excluding ortho intramolecular Hbond substituents is 1. The highest BCUT2D eigenvalue weighted by molar-refractivity contribution is 7.17. The van der Waals surface area contributed by atoms with Crippen LogP contribution < -0.4 is 24.4 Å². The molecular weight excluding hydrogens is 860 g/mol. The summed E-state index contributed by atoms with van der Waals surface area (Å²) in [4.78, 5) is 36.8. The monoisotopic (exact) mass is 908 g/mol. The van der Waals surface area contributed by atoms with Crippen molar-refractivity contribution in [3.8, 4) is 45.3 Å². The maximum absolute atomic E-state index is 13.9. The van der Waals surface area contributed by atoms with E-state index in [1.54, 1.807) is 85.5 Å². The third-order valence-corrected chi connectivity index (χ3v) is 13.3. The second-order valence-electron chi connectivity index (χ2n) is 16.0. The number of rotatable bonds is 11. The maximum atomic E-state index is 13.9. The van der Waals surface area contributed by atoms with E-state index in [0.717, 1.165) is 43.3 Å². The predicted octanol–water partition coefficient (Wildman–Crippen LogP) is 10.8. The van der Waals surface area contributed by atoms with Gasteiger partial charge in [0.05, 0.1) is 26.4 Å². The van der Waals surface area contributed by atoms with Crippen LogP contribution in [0.5, 0.6) is 23.0 Å². The zero-order chi connectivity index (χ0) is 45.9. The second-order valence-corrected chi connectivity index (χ2v) is 17.7. The average Bonchev–Trinajstić information content (AvgIpc) is 3.53. The van der Waals surface area contributed by atoms with Gasteiger partial charge in [0.2, 0.25) is 5.91 Å². The number of nitrogens with zero attached hydrogens (tertiary/aromatic N) is 3. The van der Waals surface area contributed by atoms with Crippen LogP contribution in [0.2, 0.25) is 5.02 Å². The van der Waals surface area contributed by atoms with Crippen molar-refractivity contribution in [1.82, 2.24) is 4.90 Å². The van der Waals surface area contributed by atoms with Gasteiger partial charge in [0.15, 0.2) is 0 Å². The van der Waals surface area contributed by atoms with Gasteiger partial charge in [0, 0.05) is 75.4 Å². The predicted molar refractivity (Wildman–Crippen MR) is 260 cm³/mol. The number of benzene rings is 5. The van der Waals surface area contributed by atoms with Crippen molar-refractivity contribution in [1.29, 1.82) is 10.8 Å². The Labute approximate surface area is 387 Å². The number of amides is 2. The summed E-state index contributed by atoms with van der Waals surface area (Å²) < 4.78 is 17.3. The highest BCUT2D eigenvalue weighted by atomic mass is 35.5. The molecule has 0 aliphatic carbocycles. The quantitative estimate of drug-likeness (QED) is 0.0743. The molecular formula is C51H49ClN6O6S. The lowest BCUT2D eigenvalue weighted by molar-refractivity contribution is -0.133. The number of amidine groups is 2. The van der Waals surface area contributed by atoms with Crippen molar-refractivity contribution in [2.24, 2.45) is 4.99 Å². The molecule has 2 aliphatic heterocycles. The number of fused-ring (bicyclic) bond motifs is 1. The van der Waals surface area contributed by atoms with Crippen molar-refractivity contribution in [2.45, 2.75) is 52.2 Å². The van der Waals surface area contributed by atoms with Crippen molar-refractivity contribution >= 4 is 62.8 Å². The number of carbonyl (C=O) groups is 2. The van der Waals surface area contributed by atoms with E-state index in [9.17, 15) is 20.1 Å². The Bertz CT molecular complexity index is 2830. The molecule has 3 heterocycles. The van der Waals surface area contributed by atoms with Crippen molar-refractivity contribution in [3.05, 3.63) is 141 Å². The molecule has 1 saturated heterocycles. The molecule has 6 aromatic rings. The number of thiophene rings is 1. The lowest BCUT2D eigenvalue weighted by Gasteiger charge is -2.33. The smallest absolute Gasteiger partial charge is 0.255 e. The zero-order valence-corrected chi connectivity index (χ0v) is 38.3. The second kappa shape index (κ2) is 19.0. The number of piperidine rings is 1. The van der Waals surface area contributed by atoms with Gasteiger partial charge in [0.25, 0.3) is 5.91 Å². The first-order chi connectivity index (χ1) is 31.3. The number of hydrogen-bond donors (Lipinski definition) is 4. The summed E-state index contributed by atoms with van der Waals surface area (Å²) >= 11 is 7.76. The first-order valence-electron chi connectivity index (χ1n) is 21.2. The van der Waals surface area contributed by atoms with Gasteiger partial charge in [-0.1, -0.05) is 48.0 Å². The van der Waals surface area contributed by atoms with E-state index in [1.165, 1.54) is 11.3 Å². The minimum atomic E-state index is -0.808. The minimum Gasteiger partial charge on any atom is -0.507 e. The van der Waals surface area contributed by atoms with E-state index in [2.05, 4.69) is 5.32 Å². The standard InChI is InChI=1S/C51H49ClN6O6S/c1-29-30(2)65-51-47(29)48(33-9-14-36(52)15-10-33)56-43(49(54)58(51)31(3)53)28-46(60)57-23-21-38(22-24-57)64-40-18-19-41(44(59)27-40)32-11-16-37(17-12-32)55-50(61)35-13-20-45(63-5)42(26-35)34-7-6-8-39(25-34)62-4/h6-20,25-27,38,43,53-54,59H,21-24,28H2,1-5H3,(H,55,61)/t43-/m0/s1. The van der Waals surface area contributed by atoms with Crippen LogP contribution in [0.3, 0.4) is 0 Å². The number of aromatic hydroxyl groups is 1. The highest BCUT2D eigenvalue weighted by Gasteiger charge is 2.36. The Morgan fingerprint density at radius 2 is 1.58 bits per heavy atom. The molecule has 14 heteroatoms. The molecule has 2 amide bonds. The van der Waals surface area contributed by atoms with Gasteiger partial charge in [-0.15, -0.1) is 11.3 Å². The zero-order valence-electron chi connectivity index (χ0n) is 36.7. The SMILES string of the molecule is COc1cccc(-c2cc(C(=O)Nc3ccc(-c4ccc(OC5CCN(C(=O)C[C@@H]6N=C(c7ccc(Cl)cc7)c7c(sc(C)c7C)N(C(C)=N)C6=N)CC5)cc4O)cc3)ccc2OC)c1. The first-order valence-corrected chi connectivity index (χ1v) is 22.4. The summed E-state index contributed by atoms with van der Waals surface area (Å²) in [5.74, 6) is 1.77. The number of likely N-dealkylation sites (tertiary alicyclic amines) is 1. The third kappa shape index (κ3) is 9.48. The minimum absolute atomic E-state index is 0.0184. The molecule has 0 bridgehead atoms. The van der Waals surface area contributed by atoms with Gasteiger partial charge in [-0.2, -0.15) is 0 Å². The van der Waals surface area contributed by atoms with Crippen LogP contribution in [0.4, 0.5) is 10.7 Å². The molecule has 4 N–H and O–H groups in total. The Kier molecular flexibility index (Phi) is 13.1. The molecule has 1 fully saturated rings. The van der Waals surface area contributed by atoms with E-state index in [4.69, 9.17) is 36.2 Å². The van der Waals surface area contributed by atoms with E-state index in [1.807, 2.05) is 68.4 Å². The van der Waals surface area contributed by atoms with Crippen LogP contribution in [0.25, 0.3) is 22.3 Å². The van der Waals surface area contributed by atoms with E-state index < -0.39 is 6.04 Å². The topological polar surface area (TPSA) is 161 Å². The number of methoxy groups -OCH3 is 2. The Morgan fingerprint density at radius 3 is 2.26 bits per heavy atom. The number of phenols is 1. The van der Waals surface area contributed by atoms with Crippen molar-refractivity contribution in [2.75, 3.05) is 37.5 Å². The summed E-state index contributed by atoms with van der Waals surface area (Å²) in [6.45, 7) is 6.63.